The zero-order valence-corrected chi connectivity index (χ0v) is 20.1. The van der Waals surface area contributed by atoms with E-state index in [4.69, 9.17) is 4.84 Å². The number of carbonyl (C=O) groups excluding carboxylic acids is 1. The first-order chi connectivity index (χ1) is 15.4. The summed E-state index contributed by atoms with van der Waals surface area (Å²) in [4.78, 5) is 23.7. The van der Waals surface area contributed by atoms with E-state index in [0.717, 1.165) is 76.2 Å². The van der Waals surface area contributed by atoms with Crippen LogP contribution in [0.1, 0.15) is 61.3 Å². The van der Waals surface area contributed by atoms with E-state index in [2.05, 4.69) is 65.9 Å². The van der Waals surface area contributed by atoms with Gasteiger partial charge in [0.05, 0.1) is 11.1 Å². The van der Waals surface area contributed by atoms with Gasteiger partial charge in [0.2, 0.25) is 0 Å². The average molecular weight is 439 g/mol. The van der Waals surface area contributed by atoms with Crippen molar-refractivity contribution in [3.8, 4) is 0 Å². The minimum Gasteiger partial charge on any atom is -0.408 e. The molecule has 0 bridgehead atoms. The molecule has 1 aliphatic carbocycles. The van der Waals surface area contributed by atoms with Gasteiger partial charge in [-0.3, -0.25) is 4.79 Å². The third-order valence-electron chi connectivity index (χ3n) is 8.45. The van der Waals surface area contributed by atoms with Gasteiger partial charge < -0.3 is 19.2 Å². The van der Waals surface area contributed by atoms with E-state index in [-0.39, 0.29) is 11.4 Å². The highest BCUT2D eigenvalue weighted by Gasteiger charge is 2.46. The fourth-order valence-corrected chi connectivity index (χ4v) is 6.15. The van der Waals surface area contributed by atoms with Crippen LogP contribution in [0.4, 0.5) is 0 Å². The van der Waals surface area contributed by atoms with Gasteiger partial charge in [-0.2, -0.15) is 0 Å². The predicted molar refractivity (Wildman–Crippen MR) is 126 cm³/mol. The van der Waals surface area contributed by atoms with Crippen LogP contribution in [0.15, 0.2) is 29.6 Å². The van der Waals surface area contributed by atoms with Crippen molar-refractivity contribution in [1.29, 1.82) is 0 Å². The maximum absolute atomic E-state index is 13.2. The van der Waals surface area contributed by atoms with Gasteiger partial charge in [-0.15, -0.1) is 5.48 Å². The van der Waals surface area contributed by atoms with Crippen molar-refractivity contribution in [1.82, 2.24) is 19.8 Å². The zero-order chi connectivity index (χ0) is 22.5. The molecule has 3 aliphatic heterocycles. The van der Waals surface area contributed by atoms with Crippen molar-refractivity contribution in [3.63, 3.8) is 0 Å². The summed E-state index contributed by atoms with van der Waals surface area (Å²) in [6.07, 6.45) is 9.86. The lowest BCUT2D eigenvalue weighted by Gasteiger charge is -2.41. The van der Waals surface area contributed by atoms with Crippen LogP contribution in [0, 0.1) is 18.8 Å². The van der Waals surface area contributed by atoms with Crippen molar-refractivity contribution in [2.75, 3.05) is 32.7 Å². The number of carbonyl (C=O) groups is 1. The molecule has 4 aliphatic rings. The minimum atomic E-state index is -0.0528. The molecule has 1 amide bonds. The highest BCUT2D eigenvalue weighted by Crippen LogP contribution is 2.43. The molecule has 6 heteroatoms. The van der Waals surface area contributed by atoms with Crippen LogP contribution in [-0.2, 0) is 18.3 Å². The van der Waals surface area contributed by atoms with Crippen molar-refractivity contribution < 1.29 is 9.63 Å². The Morgan fingerprint density at radius 1 is 1.22 bits per heavy atom. The highest BCUT2D eigenvalue weighted by molar-refractivity contribution is 5.96. The highest BCUT2D eigenvalue weighted by atomic mass is 16.7. The van der Waals surface area contributed by atoms with Crippen LogP contribution in [-0.4, -0.2) is 58.5 Å². The first-order valence-corrected chi connectivity index (χ1v) is 12.4. The molecule has 6 nitrogen and oxygen atoms in total. The van der Waals surface area contributed by atoms with Crippen LogP contribution in [0.3, 0.4) is 0 Å². The van der Waals surface area contributed by atoms with E-state index in [0.29, 0.717) is 11.8 Å². The summed E-state index contributed by atoms with van der Waals surface area (Å²) in [5.41, 5.74) is 8.09. The van der Waals surface area contributed by atoms with Gasteiger partial charge in [0.15, 0.2) is 0 Å². The third kappa shape index (κ3) is 3.71. The van der Waals surface area contributed by atoms with Crippen LogP contribution < -0.4 is 5.48 Å². The number of nitrogens with one attached hydrogen (secondary N) is 1. The molecule has 1 unspecified atom stereocenters. The number of fused-ring (bicyclic) bond motifs is 1. The number of hydrogen-bond donors (Lipinski definition) is 1. The topological polar surface area (TPSA) is 49.7 Å². The fourth-order valence-electron chi connectivity index (χ4n) is 6.15. The summed E-state index contributed by atoms with van der Waals surface area (Å²) in [6, 6.07) is 2.07. The van der Waals surface area contributed by atoms with Crippen molar-refractivity contribution in [2.24, 2.45) is 18.9 Å². The number of allylic oxidation sites excluding steroid dienone is 2. The summed E-state index contributed by atoms with van der Waals surface area (Å²) in [5.74, 6) is 2.43. The predicted octanol–water partition coefficient (Wildman–Crippen LogP) is 3.58. The summed E-state index contributed by atoms with van der Waals surface area (Å²) >= 11 is 0. The molecule has 0 saturated carbocycles. The molecular formula is C26H38N4O2. The van der Waals surface area contributed by atoms with Gasteiger partial charge in [0, 0.05) is 38.1 Å². The molecule has 1 saturated heterocycles. The maximum Gasteiger partial charge on any atom is 0.255 e. The molecule has 1 aromatic heterocycles. The number of aromatic nitrogens is 1. The monoisotopic (exact) mass is 438 g/mol. The number of piperidine rings is 1. The maximum atomic E-state index is 13.2. The molecule has 2 atom stereocenters. The first kappa shape index (κ1) is 21.8. The Bertz CT molecular complexity index is 953. The van der Waals surface area contributed by atoms with E-state index in [1.165, 1.54) is 17.0 Å². The van der Waals surface area contributed by atoms with Gasteiger partial charge >= 0.3 is 0 Å². The van der Waals surface area contributed by atoms with E-state index in [1.54, 1.807) is 0 Å². The lowest BCUT2D eigenvalue weighted by Crippen LogP contribution is -2.51. The number of aryl methyl sites for hydroxylation is 1. The second-order valence-electron chi connectivity index (χ2n) is 10.5. The number of hydroxylamine groups is 1. The SMILES string of the molecule is Cc1cc2c(n1C)CCCN(CCN1CCC([C@@]3(C)NOC4=C3CC(C)C=C4)CC1)C2=O. The first-order valence-electron chi connectivity index (χ1n) is 12.4. The Morgan fingerprint density at radius 3 is 2.78 bits per heavy atom. The van der Waals surface area contributed by atoms with Crippen molar-refractivity contribution in [3.05, 3.63) is 46.5 Å². The second-order valence-corrected chi connectivity index (χ2v) is 10.5. The Labute approximate surface area is 192 Å². The van der Waals surface area contributed by atoms with Gasteiger partial charge in [0.1, 0.15) is 5.76 Å². The van der Waals surface area contributed by atoms with Crippen LogP contribution in [0.5, 0.6) is 0 Å². The Hall–Kier alpha value is -2.05. The number of nitrogens with zero attached hydrogens (tertiary/aromatic N) is 3. The molecule has 5 rings (SSSR count). The normalized spacial score (nSPS) is 29.2. The average Bonchev–Trinajstić information content (AvgIpc) is 3.22. The quantitative estimate of drug-likeness (QED) is 0.781. The summed E-state index contributed by atoms with van der Waals surface area (Å²) in [5, 5.41) is 0. The Morgan fingerprint density at radius 2 is 2.00 bits per heavy atom. The van der Waals surface area contributed by atoms with Crippen LogP contribution in [0.25, 0.3) is 0 Å². The molecule has 1 fully saturated rings. The van der Waals surface area contributed by atoms with Crippen molar-refractivity contribution in [2.45, 2.75) is 58.4 Å². The summed E-state index contributed by atoms with van der Waals surface area (Å²) < 4.78 is 2.19. The van der Waals surface area contributed by atoms with E-state index >= 15 is 0 Å². The lowest BCUT2D eigenvalue weighted by atomic mass is 9.71. The molecule has 0 aromatic carbocycles. The second kappa shape index (κ2) is 8.38. The molecule has 4 heterocycles. The smallest absolute Gasteiger partial charge is 0.255 e. The van der Waals surface area contributed by atoms with Crippen molar-refractivity contribution >= 4 is 5.91 Å². The number of rotatable bonds is 4. The number of likely N-dealkylation sites (tertiary alicyclic amines) is 1. The van der Waals surface area contributed by atoms with Crippen LogP contribution >= 0.6 is 0 Å². The largest absolute Gasteiger partial charge is 0.408 e. The van der Waals surface area contributed by atoms with E-state index in [1.807, 2.05) is 0 Å². The van der Waals surface area contributed by atoms with E-state index < -0.39 is 0 Å². The molecule has 0 radical (unpaired) electrons. The zero-order valence-electron chi connectivity index (χ0n) is 20.1. The summed E-state index contributed by atoms with van der Waals surface area (Å²) in [6.45, 7) is 11.5. The third-order valence-corrected chi connectivity index (χ3v) is 8.45. The lowest BCUT2D eigenvalue weighted by molar-refractivity contribution is 0.0379. The number of amides is 1. The standard InChI is InChI=1S/C26H38N4O2/c1-18-7-8-24-22(16-18)26(3,27-32-24)20-9-12-29(13-10-20)14-15-30-11-5-6-23-21(25(30)31)17-19(2)28(23)4/h7-8,17-18,20,27H,5-6,9-16H2,1-4H3/t18?,26-/m1/s1. The van der Waals surface area contributed by atoms with Crippen LogP contribution in [0.2, 0.25) is 0 Å². The summed E-state index contributed by atoms with van der Waals surface area (Å²) in [7, 11) is 2.08. The van der Waals surface area contributed by atoms with Gasteiger partial charge in [-0.05, 0) is 88.6 Å². The molecular weight excluding hydrogens is 400 g/mol. The van der Waals surface area contributed by atoms with Gasteiger partial charge in [-0.1, -0.05) is 13.0 Å². The fraction of sp³-hybridized carbons (Fsp3) is 0.654. The van der Waals surface area contributed by atoms with E-state index in [9.17, 15) is 4.79 Å². The molecule has 174 valence electrons. The Kier molecular flexibility index (Phi) is 5.70. The minimum absolute atomic E-state index is 0.0528. The van der Waals surface area contributed by atoms with Gasteiger partial charge in [-0.25, -0.2) is 0 Å². The number of hydrogen-bond acceptors (Lipinski definition) is 4. The molecule has 1 aromatic rings. The molecule has 32 heavy (non-hydrogen) atoms. The molecule has 0 spiro atoms. The van der Waals surface area contributed by atoms with Gasteiger partial charge in [0.25, 0.3) is 5.91 Å². The Balaban J connectivity index is 1.17. The molecule has 1 N–H and O–H groups in total.